The Kier molecular flexibility index (Phi) is 5.05. The maximum absolute atomic E-state index is 13.0. The fourth-order valence-electron chi connectivity index (χ4n) is 1.97. The third kappa shape index (κ3) is 4.39. The van der Waals surface area contributed by atoms with Gasteiger partial charge in [0.05, 0.1) is 6.20 Å². The molecule has 1 aromatic heterocycles. The molecular weight excluding hydrogens is 273 g/mol. The Hall–Kier alpha value is -2.21. The molecule has 0 unspecified atom stereocenters. The third-order valence-corrected chi connectivity index (χ3v) is 3.04. The van der Waals surface area contributed by atoms with Crippen molar-refractivity contribution in [1.82, 2.24) is 15.1 Å². The summed E-state index contributed by atoms with van der Waals surface area (Å²) in [6, 6.07) is 5.39. The summed E-state index contributed by atoms with van der Waals surface area (Å²) in [4.78, 5) is 11.8. The number of benzene rings is 1. The van der Waals surface area contributed by atoms with Gasteiger partial charge in [0.15, 0.2) is 6.10 Å². The fraction of sp³-hybridized carbons (Fsp3) is 0.333. The summed E-state index contributed by atoms with van der Waals surface area (Å²) in [5.74, 6) is -1.01. The van der Waals surface area contributed by atoms with Crippen LogP contribution in [0.5, 0.6) is 0 Å². The van der Waals surface area contributed by atoms with Crippen LogP contribution >= 0.6 is 0 Å². The topological polar surface area (TPSA) is 67.2 Å². The number of hydrogen-bond acceptors (Lipinski definition) is 3. The molecule has 112 valence electrons. The van der Waals surface area contributed by atoms with E-state index < -0.39 is 17.8 Å². The van der Waals surface area contributed by atoms with Gasteiger partial charge in [0.1, 0.15) is 5.82 Å². The van der Waals surface area contributed by atoms with E-state index in [1.54, 1.807) is 10.9 Å². The molecule has 0 aliphatic carbocycles. The second kappa shape index (κ2) is 6.99. The Balaban J connectivity index is 1.76. The highest BCUT2D eigenvalue weighted by molar-refractivity contribution is 5.81. The molecule has 0 aliphatic rings. The van der Waals surface area contributed by atoms with Crippen LogP contribution in [0, 0.1) is 12.7 Å². The van der Waals surface area contributed by atoms with E-state index in [9.17, 15) is 14.3 Å². The average Bonchev–Trinajstić information content (AvgIpc) is 2.88. The first-order valence-corrected chi connectivity index (χ1v) is 6.76. The zero-order valence-electron chi connectivity index (χ0n) is 11.8. The lowest BCUT2D eigenvalue weighted by molar-refractivity contribution is -0.129. The number of amides is 1. The third-order valence-electron chi connectivity index (χ3n) is 3.04. The van der Waals surface area contributed by atoms with E-state index in [4.69, 9.17) is 0 Å². The molecule has 21 heavy (non-hydrogen) atoms. The number of aryl methyl sites for hydroxylation is 2. The summed E-state index contributed by atoms with van der Waals surface area (Å²) in [5.41, 5.74) is 1.33. The van der Waals surface area contributed by atoms with Crippen molar-refractivity contribution in [3.05, 3.63) is 53.6 Å². The van der Waals surface area contributed by atoms with Gasteiger partial charge in [0, 0.05) is 19.3 Å². The first-order valence-electron chi connectivity index (χ1n) is 6.76. The summed E-state index contributed by atoms with van der Waals surface area (Å²) in [5, 5.41) is 16.6. The number of carbonyl (C=O) groups excluding carboxylic acids is 1. The van der Waals surface area contributed by atoms with Gasteiger partial charge >= 0.3 is 0 Å². The summed E-state index contributed by atoms with van der Waals surface area (Å²) in [6.45, 7) is 3.06. The Morgan fingerprint density at radius 2 is 2.33 bits per heavy atom. The predicted octanol–water partition coefficient (Wildman–Crippen LogP) is 1.57. The van der Waals surface area contributed by atoms with E-state index in [0.717, 1.165) is 11.6 Å². The van der Waals surface area contributed by atoms with Gasteiger partial charge in [0.2, 0.25) is 0 Å². The van der Waals surface area contributed by atoms with Gasteiger partial charge in [-0.3, -0.25) is 9.48 Å². The molecule has 1 heterocycles. The Morgan fingerprint density at radius 1 is 1.52 bits per heavy atom. The molecular formula is C15H18FN3O2. The highest BCUT2D eigenvalue weighted by Crippen LogP contribution is 2.13. The number of nitrogens with one attached hydrogen (secondary N) is 1. The number of aromatic nitrogens is 2. The molecule has 0 aliphatic heterocycles. The molecule has 2 aromatic rings. The van der Waals surface area contributed by atoms with Gasteiger partial charge in [-0.25, -0.2) is 4.39 Å². The monoisotopic (exact) mass is 291 g/mol. The van der Waals surface area contributed by atoms with Crippen LogP contribution in [0.4, 0.5) is 4.39 Å². The van der Waals surface area contributed by atoms with Gasteiger partial charge in [-0.15, -0.1) is 0 Å². The number of aliphatic hydroxyl groups is 1. The second-order valence-corrected chi connectivity index (χ2v) is 4.88. The Labute approximate surface area is 122 Å². The second-order valence-electron chi connectivity index (χ2n) is 4.88. The zero-order valence-corrected chi connectivity index (χ0v) is 11.8. The van der Waals surface area contributed by atoms with Crippen LogP contribution in [0.2, 0.25) is 0 Å². The summed E-state index contributed by atoms with van der Waals surface area (Å²) in [6.07, 6.45) is 3.03. The lowest BCUT2D eigenvalue weighted by Gasteiger charge is -2.11. The normalized spacial score (nSPS) is 12.1. The van der Waals surface area contributed by atoms with Crippen LogP contribution < -0.4 is 5.32 Å². The zero-order chi connectivity index (χ0) is 15.2. The summed E-state index contributed by atoms with van der Waals surface area (Å²) >= 11 is 0. The van der Waals surface area contributed by atoms with Crippen LogP contribution in [0.15, 0.2) is 36.7 Å². The summed E-state index contributed by atoms with van der Waals surface area (Å²) < 4.78 is 14.8. The van der Waals surface area contributed by atoms with Crippen LogP contribution in [0.3, 0.4) is 0 Å². The maximum atomic E-state index is 13.0. The Bertz CT molecular complexity index is 612. The number of halogens is 1. The number of nitrogens with zero attached hydrogens (tertiary/aromatic N) is 2. The smallest absolute Gasteiger partial charge is 0.253 e. The molecule has 1 atom stereocenters. The van der Waals surface area contributed by atoms with Crippen LogP contribution in [-0.4, -0.2) is 27.3 Å². The van der Waals surface area contributed by atoms with Gasteiger partial charge in [-0.1, -0.05) is 12.1 Å². The Morgan fingerprint density at radius 3 is 3.00 bits per heavy atom. The molecule has 0 fully saturated rings. The molecule has 2 rings (SSSR count). The molecule has 1 amide bonds. The van der Waals surface area contributed by atoms with Crippen LogP contribution in [0.25, 0.3) is 0 Å². The van der Waals surface area contributed by atoms with Crippen LogP contribution in [0.1, 0.15) is 23.7 Å². The van der Waals surface area contributed by atoms with E-state index in [1.165, 1.54) is 18.2 Å². The van der Waals surface area contributed by atoms with Crippen molar-refractivity contribution in [3.8, 4) is 0 Å². The highest BCUT2D eigenvalue weighted by atomic mass is 19.1. The lowest BCUT2D eigenvalue weighted by Crippen LogP contribution is -2.30. The lowest BCUT2D eigenvalue weighted by atomic mass is 10.1. The van der Waals surface area contributed by atoms with E-state index in [1.807, 2.05) is 13.1 Å². The number of rotatable bonds is 6. The molecule has 2 N–H and O–H groups in total. The van der Waals surface area contributed by atoms with Gasteiger partial charge in [-0.05, 0) is 36.6 Å². The minimum Gasteiger partial charge on any atom is -0.378 e. The maximum Gasteiger partial charge on any atom is 0.253 e. The SMILES string of the molecule is Cc1cnn(CCCNC(=O)[C@@H](O)c2cccc(F)c2)c1. The molecule has 0 saturated carbocycles. The average molecular weight is 291 g/mol. The first kappa shape index (κ1) is 15.2. The largest absolute Gasteiger partial charge is 0.378 e. The van der Waals surface area contributed by atoms with Gasteiger partial charge in [-0.2, -0.15) is 5.10 Å². The highest BCUT2D eigenvalue weighted by Gasteiger charge is 2.16. The van der Waals surface area contributed by atoms with Crippen molar-refractivity contribution in [2.45, 2.75) is 26.0 Å². The van der Waals surface area contributed by atoms with E-state index in [2.05, 4.69) is 10.4 Å². The number of aliphatic hydroxyl groups excluding tert-OH is 1. The van der Waals surface area contributed by atoms with Crippen molar-refractivity contribution < 1.29 is 14.3 Å². The first-order chi connectivity index (χ1) is 10.1. The van der Waals surface area contributed by atoms with E-state index >= 15 is 0 Å². The molecule has 0 saturated heterocycles. The molecule has 0 spiro atoms. The molecule has 0 radical (unpaired) electrons. The standard InChI is InChI=1S/C15H18FN3O2/c1-11-9-18-19(10-11)7-3-6-17-15(21)14(20)12-4-2-5-13(16)8-12/h2,4-5,8-10,14,20H,3,6-7H2,1H3,(H,17,21)/t14-/m0/s1. The minimum absolute atomic E-state index is 0.246. The molecule has 1 aromatic carbocycles. The number of carbonyl (C=O) groups is 1. The van der Waals surface area contributed by atoms with Gasteiger partial charge < -0.3 is 10.4 Å². The van der Waals surface area contributed by atoms with Crippen molar-refractivity contribution in [2.24, 2.45) is 0 Å². The van der Waals surface area contributed by atoms with E-state index in [0.29, 0.717) is 19.5 Å². The van der Waals surface area contributed by atoms with Crippen molar-refractivity contribution in [1.29, 1.82) is 0 Å². The number of hydrogen-bond donors (Lipinski definition) is 2. The molecule has 6 heteroatoms. The van der Waals surface area contributed by atoms with Crippen molar-refractivity contribution in [2.75, 3.05) is 6.54 Å². The minimum atomic E-state index is -1.35. The van der Waals surface area contributed by atoms with Gasteiger partial charge in [0.25, 0.3) is 5.91 Å². The van der Waals surface area contributed by atoms with E-state index in [-0.39, 0.29) is 5.56 Å². The van der Waals surface area contributed by atoms with Crippen LogP contribution in [-0.2, 0) is 11.3 Å². The quantitative estimate of drug-likeness (QED) is 0.794. The summed E-state index contributed by atoms with van der Waals surface area (Å²) in [7, 11) is 0. The predicted molar refractivity (Wildman–Crippen MR) is 76.0 cm³/mol. The molecule has 0 bridgehead atoms. The molecule has 5 nitrogen and oxygen atoms in total. The van der Waals surface area contributed by atoms with Crippen molar-refractivity contribution in [3.63, 3.8) is 0 Å². The fourth-order valence-corrected chi connectivity index (χ4v) is 1.97. The van der Waals surface area contributed by atoms with Crippen molar-refractivity contribution >= 4 is 5.91 Å².